The van der Waals surface area contributed by atoms with Gasteiger partial charge in [-0.1, -0.05) is 33.8 Å². The van der Waals surface area contributed by atoms with Crippen molar-refractivity contribution in [1.82, 2.24) is 0 Å². The summed E-state index contributed by atoms with van der Waals surface area (Å²) in [6.07, 6.45) is 0. The van der Waals surface area contributed by atoms with E-state index in [1.165, 1.54) is 11.1 Å². The first-order valence-electron chi connectivity index (χ1n) is 4.99. The van der Waals surface area contributed by atoms with Crippen LogP contribution in [0.5, 0.6) is 0 Å². The monoisotopic (exact) mass is 226 g/mol. The van der Waals surface area contributed by atoms with Gasteiger partial charge >= 0.3 is 0 Å². The SMILES string of the molecule is CC(C)c1cc(C(C)C)c(S)cc1S. The van der Waals surface area contributed by atoms with Crippen LogP contribution in [-0.4, -0.2) is 0 Å². The minimum absolute atomic E-state index is 0.522. The standard InChI is InChI=1S/C12H18S2/c1-7(2)9-5-10(8(3)4)12(14)6-11(9)13/h5-8,13-14H,1-4H3. The van der Waals surface area contributed by atoms with Gasteiger partial charge in [-0.3, -0.25) is 0 Å². The third kappa shape index (κ3) is 2.48. The third-order valence-corrected chi connectivity index (χ3v) is 3.19. The number of rotatable bonds is 2. The lowest BCUT2D eigenvalue weighted by molar-refractivity contribution is 0.799. The first-order valence-corrected chi connectivity index (χ1v) is 5.88. The summed E-state index contributed by atoms with van der Waals surface area (Å²) in [5.74, 6) is 1.04. The van der Waals surface area contributed by atoms with Crippen molar-refractivity contribution in [3.05, 3.63) is 23.3 Å². The molecule has 1 aromatic carbocycles. The molecule has 1 rings (SSSR count). The largest absolute Gasteiger partial charge is 0.143 e. The second kappa shape index (κ2) is 4.63. The lowest BCUT2D eigenvalue weighted by Crippen LogP contribution is -1.96. The second-order valence-corrected chi connectivity index (χ2v) is 5.24. The van der Waals surface area contributed by atoms with E-state index in [1.54, 1.807) is 0 Å². The molecule has 0 saturated heterocycles. The summed E-state index contributed by atoms with van der Waals surface area (Å²) in [6.45, 7) is 8.77. The molecule has 0 aliphatic heterocycles. The van der Waals surface area contributed by atoms with Crippen molar-refractivity contribution in [3.8, 4) is 0 Å². The van der Waals surface area contributed by atoms with Crippen molar-refractivity contribution in [2.75, 3.05) is 0 Å². The van der Waals surface area contributed by atoms with Gasteiger partial charge in [0, 0.05) is 9.79 Å². The molecule has 0 radical (unpaired) electrons. The molecule has 0 aliphatic rings. The van der Waals surface area contributed by atoms with Crippen LogP contribution < -0.4 is 0 Å². The van der Waals surface area contributed by atoms with Gasteiger partial charge in [0.15, 0.2) is 0 Å². The first kappa shape index (κ1) is 12.0. The molecule has 14 heavy (non-hydrogen) atoms. The summed E-state index contributed by atoms with van der Waals surface area (Å²) in [7, 11) is 0. The van der Waals surface area contributed by atoms with Crippen LogP contribution in [0.1, 0.15) is 50.7 Å². The van der Waals surface area contributed by atoms with Crippen molar-refractivity contribution in [3.63, 3.8) is 0 Å². The summed E-state index contributed by atoms with van der Waals surface area (Å²) < 4.78 is 0. The van der Waals surface area contributed by atoms with E-state index >= 15 is 0 Å². The Morgan fingerprint density at radius 3 is 1.43 bits per heavy atom. The van der Waals surface area contributed by atoms with E-state index in [0.29, 0.717) is 11.8 Å². The van der Waals surface area contributed by atoms with Crippen LogP contribution in [0.25, 0.3) is 0 Å². The zero-order valence-corrected chi connectivity index (χ0v) is 11.0. The molecular formula is C12H18S2. The predicted molar refractivity (Wildman–Crippen MR) is 69.1 cm³/mol. The fraction of sp³-hybridized carbons (Fsp3) is 0.500. The molecule has 0 fully saturated rings. The Morgan fingerprint density at radius 1 is 0.786 bits per heavy atom. The highest BCUT2D eigenvalue weighted by Crippen LogP contribution is 2.31. The van der Waals surface area contributed by atoms with Crippen molar-refractivity contribution in [2.24, 2.45) is 0 Å². The number of hydrogen-bond acceptors (Lipinski definition) is 2. The minimum Gasteiger partial charge on any atom is -0.143 e. The van der Waals surface area contributed by atoms with Crippen molar-refractivity contribution in [1.29, 1.82) is 0 Å². The molecule has 0 nitrogen and oxygen atoms in total. The summed E-state index contributed by atoms with van der Waals surface area (Å²) in [6, 6.07) is 4.29. The van der Waals surface area contributed by atoms with Crippen LogP contribution in [0.4, 0.5) is 0 Å². The van der Waals surface area contributed by atoms with Crippen molar-refractivity contribution < 1.29 is 0 Å². The van der Waals surface area contributed by atoms with Crippen LogP contribution >= 0.6 is 25.3 Å². The molecule has 0 bridgehead atoms. The number of benzene rings is 1. The van der Waals surface area contributed by atoms with Crippen LogP contribution in [0.2, 0.25) is 0 Å². The van der Waals surface area contributed by atoms with Crippen LogP contribution in [0.3, 0.4) is 0 Å². The van der Waals surface area contributed by atoms with Gasteiger partial charge in [-0.25, -0.2) is 0 Å². The van der Waals surface area contributed by atoms with E-state index in [2.05, 4.69) is 65.1 Å². The molecule has 0 heterocycles. The molecule has 0 saturated carbocycles. The molecule has 2 heteroatoms. The smallest absolute Gasteiger partial charge is 0.00859 e. The Morgan fingerprint density at radius 2 is 1.14 bits per heavy atom. The maximum absolute atomic E-state index is 4.47. The lowest BCUT2D eigenvalue weighted by atomic mass is 9.95. The highest BCUT2D eigenvalue weighted by molar-refractivity contribution is 7.81. The van der Waals surface area contributed by atoms with E-state index in [4.69, 9.17) is 0 Å². The molecule has 0 atom stereocenters. The average Bonchev–Trinajstić information content (AvgIpc) is 2.02. The lowest BCUT2D eigenvalue weighted by Gasteiger charge is -2.15. The van der Waals surface area contributed by atoms with Gasteiger partial charge in [-0.15, -0.1) is 25.3 Å². The van der Waals surface area contributed by atoms with Gasteiger partial charge in [-0.2, -0.15) is 0 Å². The quantitative estimate of drug-likeness (QED) is 0.681. The molecule has 78 valence electrons. The second-order valence-electron chi connectivity index (χ2n) is 4.28. The fourth-order valence-electron chi connectivity index (χ4n) is 1.54. The summed E-state index contributed by atoms with van der Waals surface area (Å²) in [4.78, 5) is 2.10. The van der Waals surface area contributed by atoms with E-state index in [-0.39, 0.29) is 0 Å². The third-order valence-electron chi connectivity index (χ3n) is 2.42. The fourth-order valence-corrected chi connectivity index (χ4v) is 2.54. The van der Waals surface area contributed by atoms with E-state index in [1.807, 2.05) is 0 Å². The predicted octanol–water partition coefficient (Wildman–Crippen LogP) is 4.51. The summed E-state index contributed by atoms with van der Waals surface area (Å²) in [5.41, 5.74) is 2.63. The van der Waals surface area contributed by atoms with E-state index < -0.39 is 0 Å². The zero-order valence-electron chi connectivity index (χ0n) is 9.20. The van der Waals surface area contributed by atoms with Gasteiger partial charge < -0.3 is 0 Å². The molecular weight excluding hydrogens is 208 g/mol. The Hall–Kier alpha value is -0.0800. The van der Waals surface area contributed by atoms with Gasteiger partial charge in [0.25, 0.3) is 0 Å². The normalized spacial score (nSPS) is 11.4. The Kier molecular flexibility index (Phi) is 3.96. The maximum atomic E-state index is 4.47. The molecule has 0 aromatic heterocycles. The van der Waals surface area contributed by atoms with Crippen molar-refractivity contribution >= 4 is 25.3 Å². The number of hydrogen-bond donors (Lipinski definition) is 2. The maximum Gasteiger partial charge on any atom is 0.00859 e. The molecule has 0 amide bonds. The van der Waals surface area contributed by atoms with E-state index in [0.717, 1.165) is 9.79 Å². The summed E-state index contributed by atoms with van der Waals surface area (Å²) >= 11 is 8.95. The molecule has 0 spiro atoms. The first-order chi connectivity index (χ1) is 6.43. The van der Waals surface area contributed by atoms with Crippen LogP contribution in [0.15, 0.2) is 21.9 Å². The topological polar surface area (TPSA) is 0 Å². The highest BCUT2D eigenvalue weighted by atomic mass is 32.1. The van der Waals surface area contributed by atoms with E-state index in [9.17, 15) is 0 Å². The Bertz CT molecular complexity index is 298. The zero-order chi connectivity index (χ0) is 10.9. The molecule has 0 aliphatic carbocycles. The minimum atomic E-state index is 0.522. The Labute approximate surface area is 97.9 Å². The number of thiol groups is 2. The van der Waals surface area contributed by atoms with Gasteiger partial charge in [0.05, 0.1) is 0 Å². The van der Waals surface area contributed by atoms with Crippen molar-refractivity contribution in [2.45, 2.75) is 49.3 Å². The molecule has 0 unspecified atom stereocenters. The van der Waals surface area contributed by atoms with Gasteiger partial charge in [-0.05, 0) is 29.0 Å². The molecule has 1 aromatic rings. The van der Waals surface area contributed by atoms with Crippen LogP contribution in [0, 0.1) is 0 Å². The van der Waals surface area contributed by atoms with Gasteiger partial charge in [0.2, 0.25) is 0 Å². The summed E-state index contributed by atoms with van der Waals surface area (Å²) in [5, 5.41) is 0. The van der Waals surface area contributed by atoms with Gasteiger partial charge in [0.1, 0.15) is 0 Å². The van der Waals surface area contributed by atoms with Crippen LogP contribution in [-0.2, 0) is 0 Å². The molecule has 0 N–H and O–H groups in total. The Balaban J connectivity index is 3.27. The highest BCUT2D eigenvalue weighted by Gasteiger charge is 2.10. The average molecular weight is 226 g/mol.